The third kappa shape index (κ3) is 3.79. The molecule has 0 aliphatic rings. The highest BCUT2D eigenvalue weighted by Gasteiger charge is 2.22. The number of nitrogens with zero attached hydrogens (tertiary/aromatic N) is 4. The average Bonchev–Trinajstić information content (AvgIpc) is 3.81. The number of aromatic nitrogens is 4. The van der Waals surface area contributed by atoms with E-state index in [1.807, 2.05) is 35.6 Å². The zero-order chi connectivity index (χ0) is 32.1. The van der Waals surface area contributed by atoms with Crippen molar-refractivity contribution in [3.8, 4) is 22.8 Å². The highest BCUT2D eigenvalue weighted by molar-refractivity contribution is 7.26. The monoisotopic (exact) mass is 642 g/mol. The van der Waals surface area contributed by atoms with E-state index in [0.29, 0.717) is 0 Å². The van der Waals surface area contributed by atoms with Crippen LogP contribution in [0.4, 0.5) is 0 Å². The van der Waals surface area contributed by atoms with E-state index in [4.69, 9.17) is 9.97 Å². The molecule has 0 N–H and O–H groups in total. The summed E-state index contributed by atoms with van der Waals surface area (Å²) in [5.74, 6) is 0.828. The molecule has 0 saturated carbocycles. The van der Waals surface area contributed by atoms with E-state index < -0.39 is 0 Å². The highest BCUT2D eigenvalue weighted by atomic mass is 32.1. The van der Waals surface area contributed by atoms with Gasteiger partial charge < -0.3 is 4.57 Å². The third-order valence-electron chi connectivity index (χ3n) is 9.90. The summed E-state index contributed by atoms with van der Waals surface area (Å²) in [4.78, 5) is 10.6. The summed E-state index contributed by atoms with van der Waals surface area (Å²) in [6.45, 7) is 0. The fourth-order valence-electron chi connectivity index (χ4n) is 7.76. The van der Waals surface area contributed by atoms with Gasteiger partial charge in [-0.25, -0.2) is 9.97 Å². The highest BCUT2D eigenvalue weighted by Crippen LogP contribution is 2.43. The molecule has 0 unspecified atom stereocenters. The number of thiophene rings is 1. The van der Waals surface area contributed by atoms with E-state index in [9.17, 15) is 0 Å². The number of para-hydroxylation sites is 4. The minimum atomic E-state index is 0.828. The molecule has 0 spiro atoms. The van der Waals surface area contributed by atoms with Crippen LogP contribution in [0, 0.1) is 0 Å². The molecule has 4 nitrogen and oxygen atoms in total. The van der Waals surface area contributed by atoms with Gasteiger partial charge >= 0.3 is 0 Å². The minimum Gasteiger partial charge on any atom is -0.308 e. The molecule has 7 aromatic carbocycles. The second kappa shape index (κ2) is 10.1. The molecular formula is C44H26N4S. The summed E-state index contributed by atoms with van der Waals surface area (Å²) in [6.07, 6.45) is 0. The Balaban J connectivity index is 1.29. The summed E-state index contributed by atoms with van der Waals surface area (Å²) in [5.41, 5.74) is 9.46. The van der Waals surface area contributed by atoms with Gasteiger partial charge in [0.15, 0.2) is 5.82 Å². The molecule has 0 fully saturated rings. The molecule has 0 bridgehead atoms. The molecular weight excluding hydrogens is 617 g/mol. The van der Waals surface area contributed by atoms with Crippen molar-refractivity contribution in [2.75, 3.05) is 0 Å². The van der Waals surface area contributed by atoms with Gasteiger partial charge in [-0.3, -0.25) is 4.57 Å². The number of hydrogen-bond donors (Lipinski definition) is 0. The first kappa shape index (κ1) is 26.7. The fraction of sp³-hybridized carbons (Fsp3) is 0. The van der Waals surface area contributed by atoms with Gasteiger partial charge in [0.25, 0.3) is 0 Å². The van der Waals surface area contributed by atoms with Crippen LogP contribution in [0.25, 0.3) is 97.6 Å². The van der Waals surface area contributed by atoms with E-state index in [0.717, 1.165) is 39.1 Å². The van der Waals surface area contributed by atoms with Gasteiger partial charge in [-0.2, -0.15) is 0 Å². The van der Waals surface area contributed by atoms with Crippen molar-refractivity contribution in [3.05, 3.63) is 158 Å². The van der Waals surface area contributed by atoms with Gasteiger partial charge in [-0.05, 0) is 48.5 Å². The molecule has 4 aromatic heterocycles. The summed E-state index contributed by atoms with van der Waals surface area (Å²) in [6, 6.07) is 56.3. The molecule has 0 amide bonds. The van der Waals surface area contributed by atoms with Crippen molar-refractivity contribution in [1.82, 2.24) is 19.1 Å². The van der Waals surface area contributed by atoms with E-state index in [1.54, 1.807) is 0 Å². The number of hydrogen-bond acceptors (Lipinski definition) is 3. The van der Waals surface area contributed by atoms with Crippen molar-refractivity contribution >= 4 is 86.2 Å². The van der Waals surface area contributed by atoms with Crippen LogP contribution in [0.15, 0.2) is 158 Å². The lowest BCUT2D eigenvalue weighted by atomic mass is 10.1. The Kier molecular flexibility index (Phi) is 5.51. The van der Waals surface area contributed by atoms with Crippen molar-refractivity contribution in [2.45, 2.75) is 0 Å². The molecule has 0 aliphatic carbocycles. The first-order valence-electron chi connectivity index (χ1n) is 16.5. The Morgan fingerprint density at radius 2 is 0.980 bits per heavy atom. The smallest absolute Gasteiger partial charge is 0.165 e. The molecule has 11 aromatic rings. The van der Waals surface area contributed by atoms with E-state index in [1.165, 1.54) is 58.4 Å². The zero-order valence-electron chi connectivity index (χ0n) is 26.2. The van der Waals surface area contributed by atoms with Crippen molar-refractivity contribution < 1.29 is 0 Å². The molecule has 5 heteroatoms. The fourth-order valence-corrected chi connectivity index (χ4v) is 8.97. The van der Waals surface area contributed by atoms with Crippen LogP contribution in [-0.2, 0) is 0 Å². The maximum atomic E-state index is 5.34. The summed E-state index contributed by atoms with van der Waals surface area (Å²) >= 11 is 1.87. The lowest BCUT2D eigenvalue weighted by molar-refractivity contribution is 1.08. The predicted octanol–water partition coefficient (Wildman–Crippen LogP) is 11.9. The lowest BCUT2D eigenvalue weighted by Gasteiger charge is -2.14. The summed E-state index contributed by atoms with van der Waals surface area (Å²) in [5, 5.41) is 7.41. The summed E-state index contributed by atoms with van der Waals surface area (Å²) < 4.78 is 7.40. The quantitative estimate of drug-likeness (QED) is 0.192. The van der Waals surface area contributed by atoms with Gasteiger partial charge in [0.05, 0.1) is 43.5 Å². The van der Waals surface area contributed by atoms with Crippen LogP contribution in [-0.4, -0.2) is 19.1 Å². The van der Waals surface area contributed by atoms with Gasteiger partial charge in [-0.1, -0.05) is 109 Å². The molecule has 228 valence electrons. The van der Waals surface area contributed by atoms with Crippen molar-refractivity contribution in [2.24, 2.45) is 0 Å². The van der Waals surface area contributed by atoms with Gasteiger partial charge in [0, 0.05) is 42.6 Å². The minimum absolute atomic E-state index is 0.828. The standard InChI is InChI=1S/C44H26N4S/c1-2-13-27(14-3-1)42-44(46-35-20-8-7-19-34(35)45-42)48-37-22-10-5-16-29(37)33-25-39-32(26-40(33)48)28-15-4-9-21-36(28)47(39)38-23-12-18-31-30-17-6-11-24-41(30)49-43(31)38/h1-26H. The van der Waals surface area contributed by atoms with Crippen LogP contribution in [0.1, 0.15) is 0 Å². The summed E-state index contributed by atoms with van der Waals surface area (Å²) in [7, 11) is 0. The molecule has 4 heterocycles. The largest absolute Gasteiger partial charge is 0.308 e. The van der Waals surface area contributed by atoms with E-state index in [2.05, 4.69) is 143 Å². The van der Waals surface area contributed by atoms with Crippen LogP contribution in [0.2, 0.25) is 0 Å². The topological polar surface area (TPSA) is 35.6 Å². The predicted molar refractivity (Wildman–Crippen MR) is 207 cm³/mol. The van der Waals surface area contributed by atoms with Crippen molar-refractivity contribution in [1.29, 1.82) is 0 Å². The maximum absolute atomic E-state index is 5.34. The Hall–Kier alpha value is -6.30. The second-order valence-corrected chi connectivity index (χ2v) is 13.6. The second-order valence-electron chi connectivity index (χ2n) is 12.6. The number of benzene rings is 7. The number of rotatable bonds is 3. The molecule has 0 atom stereocenters. The average molecular weight is 643 g/mol. The Labute approximate surface area is 284 Å². The Morgan fingerprint density at radius 3 is 1.73 bits per heavy atom. The van der Waals surface area contributed by atoms with Crippen molar-refractivity contribution in [3.63, 3.8) is 0 Å². The third-order valence-corrected chi connectivity index (χ3v) is 11.1. The van der Waals surface area contributed by atoms with Gasteiger partial charge in [0.2, 0.25) is 0 Å². The van der Waals surface area contributed by atoms with Crippen LogP contribution in [0.5, 0.6) is 0 Å². The van der Waals surface area contributed by atoms with E-state index >= 15 is 0 Å². The zero-order valence-corrected chi connectivity index (χ0v) is 27.0. The first-order chi connectivity index (χ1) is 24.3. The molecule has 11 rings (SSSR count). The molecule has 0 radical (unpaired) electrons. The van der Waals surface area contributed by atoms with Gasteiger partial charge in [-0.15, -0.1) is 11.3 Å². The normalized spacial score (nSPS) is 12.1. The molecule has 0 saturated heterocycles. The Bertz CT molecular complexity index is 3110. The maximum Gasteiger partial charge on any atom is 0.165 e. The van der Waals surface area contributed by atoms with Gasteiger partial charge in [0.1, 0.15) is 5.69 Å². The molecule has 0 aliphatic heterocycles. The number of fused-ring (bicyclic) bond motifs is 10. The van der Waals surface area contributed by atoms with E-state index in [-0.39, 0.29) is 0 Å². The van der Waals surface area contributed by atoms with Crippen LogP contribution < -0.4 is 0 Å². The Morgan fingerprint density at radius 1 is 0.408 bits per heavy atom. The van der Waals surface area contributed by atoms with Crippen LogP contribution >= 0.6 is 11.3 Å². The SMILES string of the molecule is c1ccc(-c2nc3ccccc3nc2-n2c3ccccc3c3cc4c(cc32)c2ccccc2n4-c2cccc3c2sc2ccccc23)cc1. The lowest BCUT2D eigenvalue weighted by Crippen LogP contribution is -2.03. The van der Waals surface area contributed by atoms with Crippen LogP contribution in [0.3, 0.4) is 0 Å². The first-order valence-corrected chi connectivity index (χ1v) is 17.3. The molecule has 49 heavy (non-hydrogen) atoms.